The molecule has 0 spiro atoms. The average molecular weight is 247 g/mol. The molecule has 0 nitrogen and oxygen atoms in total. The lowest BCUT2D eigenvalue weighted by Crippen LogP contribution is -2.15. The summed E-state index contributed by atoms with van der Waals surface area (Å²) in [6, 6.07) is 0. The van der Waals surface area contributed by atoms with Crippen molar-refractivity contribution in [2.24, 2.45) is 11.8 Å². The summed E-state index contributed by atoms with van der Waals surface area (Å²) >= 11 is 3.68. The molecule has 78 valence electrons. The number of halogens is 1. The van der Waals surface area contributed by atoms with E-state index < -0.39 is 0 Å². The minimum atomic E-state index is 0.961. The summed E-state index contributed by atoms with van der Waals surface area (Å²) in [4.78, 5) is 0. The summed E-state index contributed by atoms with van der Waals surface area (Å²) in [7, 11) is 0. The van der Waals surface area contributed by atoms with Gasteiger partial charge in [0.25, 0.3) is 0 Å². The number of alkyl halides is 1. The molecule has 1 heteroatoms. The molecule has 0 aromatic heterocycles. The number of hydrogen-bond donors (Lipinski definition) is 0. The molecule has 0 heterocycles. The second-order valence-electron chi connectivity index (χ2n) is 4.45. The molecule has 0 aromatic carbocycles. The molecule has 1 saturated carbocycles. The molecule has 0 radical (unpaired) electrons. The van der Waals surface area contributed by atoms with Gasteiger partial charge in [0, 0.05) is 5.33 Å². The van der Waals surface area contributed by atoms with Crippen molar-refractivity contribution in [3.05, 3.63) is 0 Å². The van der Waals surface area contributed by atoms with E-state index in [0.717, 1.165) is 11.8 Å². The van der Waals surface area contributed by atoms with E-state index in [1.807, 2.05) is 0 Å². The highest BCUT2D eigenvalue weighted by molar-refractivity contribution is 9.09. The standard InChI is InChI=1S/C12H23Br/c1-2-7-12(10-13)11-8-5-3-4-6-9-11/h11-12H,2-10H2,1H3. The first-order valence-electron chi connectivity index (χ1n) is 5.94. The molecule has 0 aliphatic heterocycles. The Bertz CT molecular complexity index is 114. The van der Waals surface area contributed by atoms with Crippen LogP contribution in [-0.2, 0) is 0 Å². The summed E-state index contributed by atoms with van der Waals surface area (Å²) in [6.45, 7) is 2.31. The van der Waals surface area contributed by atoms with Gasteiger partial charge in [-0.1, -0.05) is 67.8 Å². The van der Waals surface area contributed by atoms with Crippen molar-refractivity contribution in [3.63, 3.8) is 0 Å². The van der Waals surface area contributed by atoms with Gasteiger partial charge in [0.05, 0.1) is 0 Å². The summed E-state index contributed by atoms with van der Waals surface area (Å²) in [5.41, 5.74) is 0. The smallest absolute Gasteiger partial charge is 0.00623 e. The molecule has 0 saturated heterocycles. The highest BCUT2D eigenvalue weighted by Gasteiger charge is 2.20. The Morgan fingerprint density at radius 3 is 2.23 bits per heavy atom. The summed E-state index contributed by atoms with van der Waals surface area (Å²) in [5, 5.41) is 1.23. The Kier molecular flexibility index (Phi) is 6.10. The number of rotatable bonds is 4. The van der Waals surface area contributed by atoms with Crippen molar-refractivity contribution in [1.29, 1.82) is 0 Å². The quantitative estimate of drug-likeness (QED) is 0.496. The molecule has 0 bridgehead atoms. The van der Waals surface area contributed by atoms with Crippen LogP contribution in [0.2, 0.25) is 0 Å². The highest BCUT2D eigenvalue weighted by atomic mass is 79.9. The van der Waals surface area contributed by atoms with Gasteiger partial charge in [0.2, 0.25) is 0 Å². The minimum absolute atomic E-state index is 0.961. The zero-order valence-corrected chi connectivity index (χ0v) is 10.5. The SMILES string of the molecule is CCCC(CBr)C1CCCCCC1. The van der Waals surface area contributed by atoms with E-state index in [1.165, 1.54) is 56.7 Å². The zero-order valence-electron chi connectivity index (χ0n) is 8.90. The van der Waals surface area contributed by atoms with Crippen LogP contribution in [0.5, 0.6) is 0 Å². The first kappa shape index (κ1) is 11.6. The second kappa shape index (κ2) is 6.86. The van der Waals surface area contributed by atoms with Crippen LogP contribution in [0.4, 0.5) is 0 Å². The van der Waals surface area contributed by atoms with Crippen LogP contribution in [0.15, 0.2) is 0 Å². The van der Waals surface area contributed by atoms with E-state index in [0.29, 0.717) is 0 Å². The Balaban J connectivity index is 2.35. The third-order valence-corrected chi connectivity index (χ3v) is 4.26. The molecule has 1 atom stereocenters. The van der Waals surface area contributed by atoms with Gasteiger partial charge < -0.3 is 0 Å². The largest absolute Gasteiger partial charge is 0.0925 e. The lowest BCUT2D eigenvalue weighted by Gasteiger charge is -2.23. The van der Waals surface area contributed by atoms with Crippen molar-refractivity contribution >= 4 is 15.9 Å². The third-order valence-electron chi connectivity index (χ3n) is 3.42. The predicted octanol–water partition coefficient (Wildman–Crippen LogP) is 4.77. The maximum atomic E-state index is 3.68. The Labute approximate surface area is 91.6 Å². The lowest BCUT2D eigenvalue weighted by molar-refractivity contribution is 0.308. The lowest BCUT2D eigenvalue weighted by atomic mass is 9.85. The fraction of sp³-hybridized carbons (Fsp3) is 1.00. The maximum absolute atomic E-state index is 3.68. The molecule has 0 amide bonds. The van der Waals surface area contributed by atoms with E-state index in [-0.39, 0.29) is 0 Å². The molecular formula is C12H23Br. The van der Waals surface area contributed by atoms with Crippen LogP contribution in [0, 0.1) is 11.8 Å². The van der Waals surface area contributed by atoms with Crippen LogP contribution in [0.25, 0.3) is 0 Å². The van der Waals surface area contributed by atoms with Crippen molar-refractivity contribution in [3.8, 4) is 0 Å². The fourth-order valence-corrected chi connectivity index (χ4v) is 3.44. The van der Waals surface area contributed by atoms with Crippen molar-refractivity contribution in [2.45, 2.75) is 58.3 Å². The van der Waals surface area contributed by atoms with E-state index in [2.05, 4.69) is 22.9 Å². The molecule has 0 N–H and O–H groups in total. The normalized spacial score (nSPS) is 22.6. The Morgan fingerprint density at radius 1 is 1.15 bits per heavy atom. The molecule has 1 rings (SSSR count). The van der Waals surface area contributed by atoms with Gasteiger partial charge in [-0.2, -0.15) is 0 Å². The minimum Gasteiger partial charge on any atom is -0.0925 e. The number of hydrogen-bond acceptors (Lipinski definition) is 0. The van der Waals surface area contributed by atoms with Crippen LogP contribution < -0.4 is 0 Å². The van der Waals surface area contributed by atoms with Crippen molar-refractivity contribution in [2.75, 3.05) is 5.33 Å². The van der Waals surface area contributed by atoms with E-state index in [4.69, 9.17) is 0 Å². The first-order valence-corrected chi connectivity index (χ1v) is 7.06. The Hall–Kier alpha value is 0.480. The van der Waals surface area contributed by atoms with E-state index in [1.54, 1.807) is 0 Å². The second-order valence-corrected chi connectivity index (χ2v) is 5.10. The van der Waals surface area contributed by atoms with Crippen LogP contribution in [0.1, 0.15) is 58.3 Å². The summed E-state index contributed by atoms with van der Waals surface area (Å²) in [6.07, 6.45) is 11.7. The van der Waals surface area contributed by atoms with Crippen LogP contribution in [0.3, 0.4) is 0 Å². The molecule has 1 unspecified atom stereocenters. The first-order chi connectivity index (χ1) is 6.38. The predicted molar refractivity (Wildman–Crippen MR) is 63.4 cm³/mol. The van der Waals surface area contributed by atoms with Crippen LogP contribution in [-0.4, -0.2) is 5.33 Å². The zero-order chi connectivity index (χ0) is 9.52. The van der Waals surface area contributed by atoms with E-state index >= 15 is 0 Å². The van der Waals surface area contributed by atoms with Crippen LogP contribution >= 0.6 is 15.9 Å². The average Bonchev–Trinajstić information content (AvgIpc) is 2.42. The molecule has 1 aliphatic carbocycles. The van der Waals surface area contributed by atoms with Gasteiger partial charge in [-0.3, -0.25) is 0 Å². The van der Waals surface area contributed by atoms with Gasteiger partial charge in [0.1, 0.15) is 0 Å². The summed E-state index contributed by atoms with van der Waals surface area (Å²) < 4.78 is 0. The van der Waals surface area contributed by atoms with Gasteiger partial charge in [-0.05, 0) is 18.3 Å². The highest BCUT2D eigenvalue weighted by Crippen LogP contribution is 2.32. The van der Waals surface area contributed by atoms with Gasteiger partial charge in [0.15, 0.2) is 0 Å². The van der Waals surface area contributed by atoms with Crippen molar-refractivity contribution in [1.82, 2.24) is 0 Å². The maximum Gasteiger partial charge on any atom is 0.00623 e. The molecule has 0 aromatic rings. The topological polar surface area (TPSA) is 0 Å². The Morgan fingerprint density at radius 2 is 1.77 bits per heavy atom. The van der Waals surface area contributed by atoms with Crippen molar-refractivity contribution < 1.29 is 0 Å². The van der Waals surface area contributed by atoms with Gasteiger partial charge in [-0.15, -0.1) is 0 Å². The fourth-order valence-electron chi connectivity index (χ4n) is 2.59. The molecule has 13 heavy (non-hydrogen) atoms. The van der Waals surface area contributed by atoms with Gasteiger partial charge in [-0.25, -0.2) is 0 Å². The van der Waals surface area contributed by atoms with Gasteiger partial charge >= 0.3 is 0 Å². The monoisotopic (exact) mass is 246 g/mol. The molecular weight excluding hydrogens is 224 g/mol. The van der Waals surface area contributed by atoms with E-state index in [9.17, 15) is 0 Å². The third kappa shape index (κ3) is 4.01. The molecule has 1 aliphatic rings. The summed E-state index contributed by atoms with van der Waals surface area (Å²) in [5.74, 6) is 1.99. The molecule has 1 fully saturated rings.